The first-order chi connectivity index (χ1) is 18.5. The molecular weight excluding hydrogens is 456 g/mol. The summed E-state index contributed by atoms with van der Waals surface area (Å²) in [6, 6.07) is 36.1. The van der Waals surface area contributed by atoms with Gasteiger partial charge >= 0.3 is 0 Å². The van der Waals surface area contributed by atoms with Gasteiger partial charge < -0.3 is 0 Å². The number of hydrogen-bond acceptors (Lipinski definition) is 0. The van der Waals surface area contributed by atoms with E-state index in [4.69, 9.17) is 0 Å². The standard InChI is InChI=1S/C31H22.C3H8.2C2H6/c1-31(2)27-16-14-20-12-11-19-7-5-6-10-24(19)28(20)29(27)25-15-13-23-17-21-8-3-4-9-22(21)18-26(23)30(25)31;1-3-2;2*1-2/h3-18H,1-2H3;3H2,1-2H3;2*1-2H3. The van der Waals surface area contributed by atoms with Gasteiger partial charge in [-0.25, -0.2) is 0 Å². The molecule has 0 atom stereocenters. The normalized spacial score (nSPS) is 12.5. The van der Waals surface area contributed by atoms with Crippen LogP contribution in [-0.2, 0) is 5.41 Å². The van der Waals surface area contributed by atoms with Crippen molar-refractivity contribution in [2.24, 2.45) is 0 Å². The molecule has 6 aromatic rings. The van der Waals surface area contributed by atoms with Gasteiger partial charge in [0.25, 0.3) is 0 Å². The third-order valence-electron chi connectivity index (χ3n) is 7.36. The summed E-state index contributed by atoms with van der Waals surface area (Å²) in [6.07, 6.45) is 1.25. The molecular formula is C38H42. The quantitative estimate of drug-likeness (QED) is 0.144. The average Bonchev–Trinajstić information content (AvgIpc) is 3.21. The summed E-state index contributed by atoms with van der Waals surface area (Å²) >= 11 is 0. The van der Waals surface area contributed by atoms with Crippen molar-refractivity contribution in [2.75, 3.05) is 0 Å². The van der Waals surface area contributed by atoms with Crippen LogP contribution in [0.25, 0.3) is 54.2 Å². The van der Waals surface area contributed by atoms with Crippen molar-refractivity contribution in [1.82, 2.24) is 0 Å². The van der Waals surface area contributed by atoms with Crippen molar-refractivity contribution >= 4 is 43.1 Å². The molecule has 0 fully saturated rings. The second-order valence-electron chi connectivity index (χ2n) is 10.1. The van der Waals surface area contributed by atoms with Crippen molar-refractivity contribution in [3.63, 3.8) is 0 Å². The van der Waals surface area contributed by atoms with Gasteiger partial charge in [0.1, 0.15) is 0 Å². The van der Waals surface area contributed by atoms with Crippen LogP contribution in [0.4, 0.5) is 0 Å². The maximum atomic E-state index is 2.40. The lowest BCUT2D eigenvalue weighted by Gasteiger charge is -2.23. The van der Waals surface area contributed by atoms with Crippen LogP contribution in [0.5, 0.6) is 0 Å². The molecule has 38 heavy (non-hydrogen) atoms. The van der Waals surface area contributed by atoms with Crippen LogP contribution in [0.15, 0.2) is 97.1 Å². The summed E-state index contributed by atoms with van der Waals surface area (Å²) in [6.45, 7) is 17.0. The van der Waals surface area contributed by atoms with Crippen LogP contribution in [0.3, 0.4) is 0 Å². The Morgan fingerprint density at radius 2 is 1.05 bits per heavy atom. The Morgan fingerprint density at radius 3 is 1.74 bits per heavy atom. The molecule has 0 heterocycles. The molecule has 0 saturated carbocycles. The maximum absolute atomic E-state index is 2.40. The minimum Gasteiger partial charge on any atom is -0.0683 e. The number of benzene rings is 6. The third-order valence-corrected chi connectivity index (χ3v) is 7.36. The van der Waals surface area contributed by atoms with Crippen molar-refractivity contribution in [2.45, 2.75) is 67.2 Å². The Bertz CT molecular complexity index is 1720. The average molecular weight is 499 g/mol. The minimum absolute atomic E-state index is 0.0439. The van der Waals surface area contributed by atoms with Gasteiger partial charge in [-0.05, 0) is 77.5 Å². The Kier molecular flexibility index (Phi) is 8.22. The number of rotatable bonds is 0. The second kappa shape index (κ2) is 11.4. The van der Waals surface area contributed by atoms with E-state index in [1.165, 1.54) is 71.8 Å². The Balaban J connectivity index is 0.000000443. The fourth-order valence-electron chi connectivity index (χ4n) is 5.93. The lowest BCUT2D eigenvalue weighted by Crippen LogP contribution is -2.15. The van der Waals surface area contributed by atoms with E-state index in [2.05, 4.69) is 125 Å². The van der Waals surface area contributed by atoms with Crippen LogP contribution in [0.2, 0.25) is 0 Å². The lowest BCUT2D eigenvalue weighted by molar-refractivity contribution is 0.667. The van der Waals surface area contributed by atoms with E-state index in [0.717, 1.165) is 0 Å². The van der Waals surface area contributed by atoms with Gasteiger partial charge in [-0.15, -0.1) is 0 Å². The van der Waals surface area contributed by atoms with Crippen molar-refractivity contribution in [3.05, 3.63) is 108 Å². The molecule has 0 aliphatic heterocycles. The summed E-state index contributed by atoms with van der Waals surface area (Å²) < 4.78 is 0. The van der Waals surface area contributed by atoms with Crippen molar-refractivity contribution < 1.29 is 0 Å². The van der Waals surface area contributed by atoms with Gasteiger partial charge in [-0.2, -0.15) is 0 Å². The van der Waals surface area contributed by atoms with Crippen LogP contribution in [0.1, 0.15) is 72.9 Å². The van der Waals surface area contributed by atoms with E-state index in [0.29, 0.717) is 0 Å². The molecule has 0 unspecified atom stereocenters. The first-order valence-electron chi connectivity index (χ1n) is 14.5. The number of fused-ring (bicyclic) bond motifs is 10. The minimum atomic E-state index is -0.0439. The van der Waals surface area contributed by atoms with Crippen LogP contribution < -0.4 is 0 Å². The highest BCUT2D eigenvalue weighted by atomic mass is 14.4. The zero-order chi connectivity index (χ0) is 27.4. The molecule has 0 nitrogen and oxygen atoms in total. The first kappa shape index (κ1) is 27.4. The van der Waals surface area contributed by atoms with Gasteiger partial charge in [0, 0.05) is 5.41 Å². The van der Waals surface area contributed by atoms with Crippen LogP contribution in [0, 0.1) is 0 Å². The highest BCUT2D eigenvalue weighted by molar-refractivity contribution is 6.18. The summed E-state index contributed by atoms with van der Waals surface area (Å²) in [5, 5.41) is 10.7. The monoisotopic (exact) mass is 498 g/mol. The molecule has 0 N–H and O–H groups in total. The number of hydrogen-bond donors (Lipinski definition) is 0. The fraction of sp³-hybridized carbons (Fsp3) is 0.263. The molecule has 6 aromatic carbocycles. The van der Waals surface area contributed by atoms with Gasteiger partial charge in [0.2, 0.25) is 0 Å². The predicted octanol–water partition coefficient (Wildman–Crippen LogP) is 12.1. The third kappa shape index (κ3) is 4.37. The molecule has 0 saturated heterocycles. The first-order valence-corrected chi connectivity index (χ1v) is 14.5. The van der Waals surface area contributed by atoms with E-state index in [-0.39, 0.29) is 5.41 Å². The Labute approximate surface area is 229 Å². The topological polar surface area (TPSA) is 0 Å². The van der Waals surface area contributed by atoms with E-state index < -0.39 is 0 Å². The molecule has 0 radical (unpaired) electrons. The molecule has 0 amide bonds. The zero-order valence-electron chi connectivity index (χ0n) is 24.4. The molecule has 1 aliphatic carbocycles. The SMILES string of the molecule is CC.CC.CC1(C)c2ccc3ccc4ccccc4c3c2-c2ccc3cc4ccccc4cc3c21.CCC. The van der Waals surface area contributed by atoms with Crippen LogP contribution >= 0.6 is 0 Å². The molecule has 194 valence electrons. The summed E-state index contributed by atoms with van der Waals surface area (Å²) in [4.78, 5) is 0. The van der Waals surface area contributed by atoms with Gasteiger partial charge in [-0.1, -0.05) is 147 Å². The molecule has 0 bridgehead atoms. The van der Waals surface area contributed by atoms with Crippen LogP contribution in [-0.4, -0.2) is 0 Å². The molecule has 0 aromatic heterocycles. The summed E-state index contributed by atoms with van der Waals surface area (Å²) in [7, 11) is 0. The smallest absolute Gasteiger partial charge is 0.0165 e. The van der Waals surface area contributed by atoms with Gasteiger partial charge in [0.05, 0.1) is 0 Å². The predicted molar refractivity (Wildman–Crippen MR) is 173 cm³/mol. The highest BCUT2D eigenvalue weighted by Crippen LogP contribution is 2.54. The molecule has 0 heteroatoms. The van der Waals surface area contributed by atoms with E-state index in [1.807, 2.05) is 27.7 Å². The molecule has 7 rings (SSSR count). The van der Waals surface area contributed by atoms with Crippen molar-refractivity contribution in [1.29, 1.82) is 0 Å². The van der Waals surface area contributed by atoms with Gasteiger partial charge in [-0.3, -0.25) is 0 Å². The maximum Gasteiger partial charge on any atom is 0.0165 e. The largest absolute Gasteiger partial charge is 0.0683 e. The van der Waals surface area contributed by atoms with E-state index in [1.54, 1.807) is 0 Å². The van der Waals surface area contributed by atoms with Crippen molar-refractivity contribution in [3.8, 4) is 11.1 Å². The van der Waals surface area contributed by atoms with E-state index >= 15 is 0 Å². The van der Waals surface area contributed by atoms with E-state index in [9.17, 15) is 0 Å². The lowest BCUT2D eigenvalue weighted by atomic mass is 9.79. The fourth-order valence-corrected chi connectivity index (χ4v) is 5.93. The molecule has 0 spiro atoms. The Hall–Kier alpha value is -3.64. The van der Waals surface area contributed by atoms with Gasteiger partial charge in [0.15, 0.2) is 0 Å². The highest BCUT2D eigenvalue weighted by Gasteiger charge is 2.38. The summed E-state index contributed by atoms with van der Waals surface area (Å²) in [5.41, 5.74) is 5.67. The zero-order valence-corrected chi connectivity index (χ0v) is 24.4. The second-order valence-corrected chi connectivity index (χ2v) is 10.1. The Morgan fingerprint density at radius 1 is 0.526 bits per heavy atom. The summed E-state index contributed by atoms with van der Waals surface area (Å²) in [5.74, 6) is 0. The molecule has 1 aliphatic rings.